The molecule has 1 aromatic heterocycles. The highest BCUT2D eigenvalue weighted by Crippen LogP contribution is 2.44. The van der Waals surface area contributed by atoms with Gasteiger partial charge in [0.05, 0.1) is 29.3 Å². The number of hydrogen-bond donors (Lipinski definition) is 2. The van der Waals surface area contributed by atoms with E-state index < -0.39 is 17.7 Å². The van der Waals surface area contributed by atoms with E-state index in [0.717, 1.165) is 11.3 Å². The molecule has 1 fully saturated rings. The predicted octanol–water partition coefficient (Wildman–Crippen LogP) is 3.99. The number of rotatable bonds is 5. The highest BCUT2D eigenvalue weighted by molar-refractivity contribution is 7.18. The van der Waals surface area contributed by atoms with E-state index in [1.54, 1.807) is 43.3 Å². The van der Waals surface area contributed by atoms with Gasteiger partial charge in [0.2, 0.25) is 0 Å². The topological polar surface area (TPSA) is 117 Å². The lowest BCUT2D eigenvalue weighted by atomic mass is 9.95. The number of aromatic hydroxyl groups is 1. The number of aryl methyl sites for hydroxylation is 1. The van der Waals surface area contributed by atoms with Crippen LogP contribution >= 0.6 is 11.3 Å². The summed E-state index contributed by atoms with van der Waals surface area (Å²) in [5, 5.41) is 21.0. The number of hydrogen-bond acceptors (Lipinski definition) is 8. The molecule has 33 heavy (non-hydrogen) atoms. The minimum Gasteiger partial charge on any atom is -0.508 e. The summed E-state index contributed by atoms with van der Waals surface area (Å²) in [7, 11) is 1.51. The molecule has 168 valence electrons. The van der Waals surface area contributed by atoms with Gasteiger partial charge in [-0.05, 0) is 48.9 Å². The van der Waals surface area contributed by atoms with E-state index in [4.69, 9.17) is 4.74 Å². The summed E-state index contributed by atoms with van der Waals surface area (Å²) in [6.45, 7) is 3.06. The van der Waals surface area contributed by atoms with E-state index in [9.17, 15) is 24.6 Å². The summed E-state index contributed by atoms with van der Waals surface area (Å²) in [6.07, 6.45) is 0. The van der Waals surface area contributed by atoms with Crippen LogP contribution in [0.1, 0.15) is 39.5 Å². The maximum absolute atomic E-state index is 13.1. The van der Waals surface area contributed by atoms with Gasteiger partial charge in [0.15, 0.2) is 10.9 Å². The molecule has 0 radical (unpaired) electrons. The first-order valence-corrected chi connectivity index (χ1v) is 10.8. The van der Waals surface area contributed by atoms with Crippen LogP contribution in [-0.4, -0.2) is 39.8 Å². The van der Waals surface area contributed by atoms with Crippen molar-refractivity contribution >= 4 is 39.7 Å². The van der Waals surface area contributed by atoms with E-state index >= 15 is 0 Å². The number of ether oxygens (including phenoxy) is 1. The fourth-order valence-electron chi connectivity index (χ4n) is 3.72. The summed E-state index contributed by atoms with van der Waals surface area (Å²) in [5.74, 6) is -1.72. The van der Waals surface area contributed by atoms with Crippen molar-refractivity contribution < 1.29 is 29.3 Å². The molecule has 0 saturated carbocycles. The normalized spacial score (nSPS) is 17.4. The largest absolute Gasteiger partial charge is 0.508 e. The van der Waals surface area contributed by atoms with Gasteiger partial charge in [0.25, 0.3) is 5.78 Å². The Morgan fingerprint density at radius 2 is 1.73 bits per heavy atom. The Hall–Kier alpha value is -3.98. The van der Waals surface area contributed by atoms with Gasteiger partial charge < -0.3 is 14.9 Å². The first-order valence-electron chi connectivity index (χ1n) is 9.95. The standard InChI is InChI=1S/C24H20N2O6S/c1-12-22(13(2)27)33-24(25-12)26-19(14-4-8-16(28)9-5-14)18(21(30)23(26)31)20(29)15-6-10-17(32-3)11-7-15/h4-11,19,28-29H,1-3H3. The highest BCUT2D eigenvalue weighted by atomic mass is 32.1. The fourth-order valence-corrected chi connectivity index (χ4v) is 4.71. The molecule has 1 unspecified atom stereocenters. The van der Waals surface area contributed by atoms with E-state index in [1.165, 1.54) is 31.1 Å². The molecule has 1 amide bonds. The van der Waals surface area contributed by atoms with Crippen LogP contribution in [-0.2, 0) is 9.59 Å². The van der Waals surface area contributed by atoms with Crippen molar-refractivity contribution in [2.24, 2.45) is 0 Å². The highest BCUT2D eigenvalue weighted by Gasteiger charge is 2.48. The van der Waals surface area contributed by atoms with Crippen molar-refractivity contribution in [1.82, 2.24) is 4.98 Å². The second-order valence-corrected chi connectivity index (χ2v) is 8.43. The number of aromatic nitrogens is 1. The number of ketones is 2. The molecule has 2 aromatic carbocycles. The number of thiazole rings is 1. The number of phenolic OH excluding ortho intramolecular Hbond substituents is 1. The van der Waals surface area contributed by atoms with Gasteiger partial charge >= 0.3 is 5.91 Å². The maximum Gasteiger partial charge on any atom is 0.301 e. The molecule has 1 aliphatic heterocycles. The molecular weight excluding hydrogens is 444 g/mol. The van der Waals surface area contributed by atoms with E-state index in [1.807, 2.05) is 0 Å². The molecule has 2 heterocycles. The number of aliphatic hydroxyl groups is 1. The van der Waals surface area contributed by atoms with E-state index in [2.05, 4.69) is 4.98 Å². The van der Waals surface area contributed by atoms with Gasteiger partial charge in [-0.15, -0.1) is 0 Å². The fraction of sp³-hybridized carbons (Fsp3) is 0.167. The number of benzene rings is 2. The number of phenols is 1. The number of methoxy groups -OCH3 is 1. The first-order chi connectivity index (χ1) is 15.7. The lowest BCUT2D eigenvalue weighted by Crippen LogP contribution is -2.29. The van der Waals surface area contributed by atoms with Crippen molar-refractivity contribution in [2.45, 2.75) is 19.9 Å². The maximum atomic E-state index is 13.1. The van der Waals surface area contributed by atoms with Crippen LogP contribution < -0.4 is 9.64 Å². The molecule has 1 aliphatic rings. The molecule has 1 atom stereocenters. The van der Waals surface area contributed by atoms with Crippen LogP contribution in [0.2, 0.25) is 0 Å². The zero-order valence-electron chi connectivity index (χ0n) is 18.0. The van der Waals surface area contributed by atoms with Crippen LogP contribution in [0.25, 0.3) is 5.76 Å². The minimum absolute atomic E-state index is 0.00909. The van der Waals surface area contributed by atoms with E-state index in [0.29, 0.717) is 27.4 Å². The number of carbonyl (C=O) groups is 3. The van der Waals surface area contributed by atoms with Gasteiger partial charge in [-0.2, -0.15) is 0 Å². The number of carbonyl (C=O) groups excluding carboxylic acids is 3. The van der Waals surface area contributed by atoms with Crippen molar-refractivity contribution in [3.8, 4) is 11.5 Å². The van der Waals surface area contributed by atoms with Crippen LogP contribution in [0.15, 0.2) is 54.1 Å². The number of Topliss-reactive ketones (excluding diaryl/α,β-unsaturated/α-hetero) is 2. The average molecular weight is 464 g/mol. The summed E-state index contributed by atoms with van der Waals surface area (Å²) in [5.41, 5.74) is 1.15. The average Bonchev–Trinajstić information content (AvgIpc) is 3.31. The quantitative estimate of drug-likeness (QED) is 0.254. The SMILES string of the molecule is COc1ccc(C(O)=C2C(=O)C(=O)N(c3nc(C)c(C(C)=O)s3)C2c2ccc(O)cc2)cc1. The van der Waals surface area contributed by atoms with Gasteiger partial charge in [0, 0.05) is 12.5 Å². The summed E-state index contributed by atoms with van der Waals surface area (Å²) < 4.78 is 5.14. The third kappa shape index (κ3) is 3.87. The summed E-state index contributed by atoms with van der Waals surface area (Å²) in [4.78, 5) is 44.1. The second kappa shape index (κ2) is 8.51. The number of aliphatic hydroxyl groups excluding tert-OH is 1. The molecule has 8 nitrogen and oxygen atoms in total. The van der Waals surface area contributed by atoms with Crippen LogP contribution in [0.5, 0.6) is 11.5 Å². The third-order valence-corrected chi connectivity index (χ3v) is 6.59. The molecule has 0 spiro atoms. The Kier molecular flexibility index (Phi) is 5.73. The lowest BCUT2D eigenvalue weighted by Gasteiger charge is -2.23. The van der Waals surface area contributed by atoms with Crippen molar-refractivity contribution in [1.29, 1.82) is 0 Å². The molecule has 0 aliphatic carbocycles. The number of nitrogens with zero attached hydrogens (tertiary/aromatic N) is 2. The lowest BCUT2D eigenvalue weighted by molar-refractivity contribution is -0.132. The smallest absolute Gasteiger partial charge is 0.301 e. The molecule has 9 heteroatoms. The minimum atomic E-state index is -1.00. The van der Waals surface area contributed by atoms with Gasteiger partial charge in [-0.25, -0.2) is 4.98 Å². The first kappa shape index (κ1) is 22.2. The number of amides is 1. The van der Waals surface area contributed by atoms with E-state index in [-0.39, 0.29) is 28.0 Å². The monoisotopic (exact) mass is 464 g/mol. The summed E-state index contributed by atoms with van der Waals surface area (Å²) in [6, 6.07) is 11.4. The Morgan fingerprint density at radius 3 is 2.27 bits per heavy atom. The Morgan fingerprint density at radius 1 is 1.09 bits per heavy atom. The zero-order chi connectivity index (χ0) is 23.9. The van der Waals surface area contributed by atoms with Crippen LogP contribution in [0.4, 0.5) is 5.13 Å². The molecule has 4 rings (SSSR count). The Balaban J connectivity index is 1.92. The Bertz CT molecular complexity index is 1290. The van der Waals surface area contributed by atoms with Gasteiger partial charge in [0.1, 0.15) is 17.3 Å². The molecule has 2 N–H and O–H groups in total. The number of anilines is 1. The van der Waals surface area contributed by atoms with Crippen LogP contribution in [0, 0.1) is 6.92 Å². The van der Waals surface area contributed by atoms with Crippen LogP contribution in [0.3, 0.4) is 0 Å². The van der Waals surface area contributed by atoms with Crippen molar-refractivity contribution in [3.05, 3.63) is 75.8 Å². The van der Waals surface area contributed by atoms with Crippen molar-refractivity contribution in [2.75, 3.05) is 12.0 Å². The zero-order valence-corrected chi connectivity index (χ0v) is 18.8. The molecule has 3 aromatic rings. The molecule has 0 bridgehead atoms. The molecular formula is C24H20N2O6S. The van der Waals surface area contributed by atoms with Gasteiger partial charge in [-0.1, -0.05) is 23.5 Å². The third-order valence-electron chi connectivity index (χ3n) is 5.33. The van der Waals surface area contributed by atoms with Gasteiger partial charge in [-0.3, -0.25) is 19.3 Å². The second-order valence-electron chi connectivity index (χ2n) is 7.46. The molecule has 1 saturated heterocycles. The van der Waals surface area contributed by atoms with Crippen molar-refractivity contribution in [3.63, 3.8) is 0 Å². The Labute approximate surface area is 193 Å². The predicted molar refractivity (Wildman–Crippen MR) is 123 cm³/mol. The summed E-state index contributed by atoms with van der Waals surface area (Å²) >= 11 is 1.01.